The van der Waals surface area contributed by atoms with Crippen LogP contribution in [0.2, 0.25) is 0 Å². The number of aromatic nitrogens is 2. The number of halogens is 1. The highest BCUT2D eigenvalue weighted by Gasteiger charge is 2.21. The van der Waals surface area contributed by atoms with E-state index in [0.717, 1.165) is 28.6 Å². The van der Waals surface area contributed by atoms with Crippen LogP contribution in [0.15, 0.2) is 30.6 Å². The van der Waals surface area contributed by atoms with E-state index in [-0.39, 0.29) is 5.82 Å². The van der Waals surface area contributed by atoms with Crippen molar-refractivity contribution in [1.29, 1.82) is 0 Å². The molecule has 0 saturated carbocycles. The Bertz CT molecular complexity index is 798. The van der Waals surface area contributed by atoms with Crippen molar-refractivity contribution < 1.29 is 9.13 Å². The molecule has 1 aliphatic rings. The lowest BCUT2D eigenvalue weighted by atomic mass is 10.2. The summed E-state index contributed by atoms with van der Waals surface area (Å²) in [5.41, 5.74) is 2.28. The molecule has 0 amide bonds. The minimum atomic E-state index is -0.237. The van der Waals surface area contributed by atoms with Crippen molar-refractivity contribution in [2.24, 2.45) is 0 Å². The lowest BCUT2D eigenvalue weighted by Crippen LogP contribution is -1.99. The van der Waals surface area contributed by atoms with Crippen LogP contribution in [0.5, 0.6) is 5.88 Å². The third kappa shape index (κ3) is 2.27. The van der Waals surface area contributed by atoms with Gasteiger partial charge in [-0.05, 0) is 42.5 Å². The van der Waals surface area contributed by atoms with Crippen molar-refractivity contribution in [3.05, 3.63) is 52.4 Å². The quantitative estimate of drug-likeness (QED) is 0.736. The van der Waals surface area contributed by atoms with Gasteiger partial charge >= 0.3 is 0 Å². The number of fused-ring (bicyclic) bond motifs is 3. The second-order valence-electron chi connectivity index (χ2n) is 5.13. The first-order valence-electron chi connectivity index (χ1n) is 6.94. The van der Waals surface area contributed by atoms with Gasteiger partial charge in [-0.15, -0.1) is 11.3 Å². The summed E-state index contributed by atoms with van der Waals surface area (Å²) in [4.78, 5) is 11.1. The maximum absolute atomic E-state index is 12.9. The number of hydrogen-bond acceptors (Lipinski definition) is 4. The molecule has 4 rings (SSSR count). The second kappa shape index (κ2) is 5.07. The van der Waals surface area contributed by atoms with Gasteiger partial charge in [0.25, 0.3) is 0 Å². The molecule has 0 N–H and O–H groups in total. The molecule has 0 unspecified atom stereocenters. The fourth-order valence-electron chi connectivity index (χ4n) is 2.74. The Hall–Kier alpha value is -2.01. The number of aryl methyl sites for hydroxylation is 2. The molecule has 1 aliphatic carbocycles. The molecule has 5 heteroatoms. The van der Waals surface area contributed by atoms with E-state index in [4.69, 9.17) is 4.74 Å². The third-order valence-electron chi connectivity index (χ3n) is 3.76. The molecule has 1 aromatic carbocycles. The highest BCUT2D eigenvalue weighted by atomic mass is 32.1. The summed E-state index contributed by atoms with van der Waals surface area (Å²) in [6.45, 7) is 0.386. The Morgan fingerprint density at radius 3 is 2.86 bits per heavy atom. The Balaban J connectivity index is 1.65. The zero-order chi connectivity index (χ0) is 14.2. The molecule has 2 heterocycles. The topological polar surface area (TPSA) is 35.0 Å². The maximum Gasteiger partial charge on any atom is 0.225 e. The standard InChI is InChI=1S/C16H13FN2OS/c17-11-6-4-10(5-7-11)8-20-15-14-12-2-1-3-13(12)21-16(14)19-9-18-15/h4-7,9H,1-3,8H2. The first-order valence-corrected chi connectivity index (χ1v) is 7.75. The van der Waals surface area contributed by atoms with Crippen molar-refractivity contribution in [2.75, 3.05) is 0 Å². The molecule has 0 bridgehead atoms. The molecular formula is C16H13FN2OS. The van der Waals surface area contributed by atoms with E-state index in [0.29, 0.717) is 12.5 Å². The minimum absolute atomic E-state index is 0.237. The Kier molecular flexibility index (Phi) is 3.07. The number of rotatable bonds is 3. The predicted molar refractivity (Wildman–Crippen MR) is 80.2 cm³/mol. The van der Waals surface area contributed by atoms with Crippen molar-refractivity contribution in [3.63, 3.8) is 0 Å². The number of nitrogens with zero attached hydrogens (tertiary/aromatic N) is 2. The summed E-state index contributed by atoms with van der Waals surface area (Å²) in [5, 5.41) is 1.07. The van der Waals surface area contributed by atoms with Crippen LogP contribution < -0.4 is 4.74 Å². The lowest BCUT2D eigenvalue weighted by molar-refractivity contribution is 0.297. The van der Waals surface area contributed by atoms with Gasteiger partial charge in [-0.3, -0.25) is 0 Å². The second-order valence-corrected chi connectivity index (χ2v) is 6.22. The van der Waals surface area contributed by atoms with Crippen molar-refractivity contribution in [1.82, 2.24) is 9.97 Å². The maximum atomic E-state index is 12.9. The van der Waals surface area contributed by atoms with E-state index >= 15 is 0 Å². The van der Waals surface area contributed by atoms with Gasteiger partial charge in [0, 0.05) is 4.88 Å². The van der Waals surface area contributed by atoms with Crippen LogP contribution in [0.3, 0.4) is 0 Å². The van der Waals surface area contributed by atoms with E-state index in [2.05, 4.69) is 9.97 Å². The van der Waals surface area contributed by atoms with Crippen molar-refractivity contribution in [2.45, 2.75) is 25.9 Å². The molecular weight excluding hydrogens is 287 g/mol. The fourth-order valence-corrected chi connectivity index (χ4v) is 3.96. The van der Waals surface area contributed by atoms with E-state index in [1.54, 1.807) is 29.8 Å². The summed E-state index contributed by atoms with van der Waals surface area (Å²) in [6, 6.07) is 6.34. The van der Waals surface area contributed by atoms with Crippen LogP contribution in [0.4, 0.5) is 4.39 Å². The summed E-state index contributed by atoms with van der Waals surface area (Å²) < 4.78 is 18.8. The molecule has 21 heavy (non-hydrogen) atoms. The average Bonchev–Trinajstić information content (AvgIpc) is 3.07. The molecule has 3 aromatic rings. The van der Waals surface area contributed by atoms with Gasteiger partial charge in [-0.2, -0.15) is 0 Å². The smallest absolute Gasteiger partial charge is 0.225 e. The SMILES string of the molecule is Fc1ccc(COc2ncnc3sc4c(c23)CCC4)cc1. The van der Waals surface area contributed by atoms with Gasteiger partial charge in [-0.25, -0.2) is 14.4 Å². The van der Waals surface area contributed by atoms with E-state index in [1.807, 2.05) is 0 Å². The van der Waals surface area contributed by atoms with E-state index in [9.17, 15) is 4.39 Å². The van der Waals surface area contributed by atoms with Crippen LogP contribution in [0, 0.1) is 5.82 Å². The lowest BCUT2D eigenvalue weighted by Gasteiger charge is -2.07. The molecule has 0 atom stereocenters. The van der Waals surface area contributed by atoms with Crippen molar-refractivity contribution in [3.8, 4) is 5.88 Å². The van der Waals surface area contributed by atoms with Gasteiger partial charge in [0.05, 0.1) is 5.39 Å². The molecule has 0 saturated heterocycles. The van der Waals surface area contributed by atoms with Gasteiger partial charge in [-0.1, -0.05) is 12.1 Å². The first kappa shape index (κ1) is 12.7. The van der Waals surface area contributed by atoms with Crippen LogP contribution in [0.25, 0.3) is 10.2 Å². The number of hydrogen-bond donors (Lipinski definition) is 0. The number of ether oxygens (including phenoxy) is 1. The van der Waals surface area contributed by atoms with Gasteiger partial charge < -0.3 is 4.74 Å². The van der Waals surface area contributed by atoms with Crippen LogP contribution >= 0.6 is 11.3 Å². The monoisotopic (exact) mass is 300 g/mol. The largest absolute Gasteiger partial charge is 0.472 e. The van der Waals surface area contributed by atoms with Crippen molar-refractivity contribution >= 4 is 21.6 Å². The molecule has 0 radical (unpaired) electrons. The van der Waals surface area contributed by atoms with E-state index in [1.165, 1.54) is 29.0 Å². The number of benzene rings is 1. The minimum Gasteiger partial charge on any atom is -0.472 e. The third-order valence-corrected chi connectivity index (χ3v) is 4.96. The van der Waals surface area contributed by atoms with E-state index < -0.39 is 0 Å². The van der Waals surface area contributed by atoms with Crippen LogP contribution in [-0.2, 0) is 19.4 Å². The molecule has 0 spiro atoms. The zero-order valence-corrected chi connectivity index (χ0v) is 12.1. The highest BCUT2D eigenvalue weighted by Crippen LogP contribution is 2.39. The molecule has 106 valence electrons. The summed E-state index contributed by atoms with van der Waals surface area (Å²) >= 11 is 1.74. The molecule has 0 fully saturated rings. The van der Waals surface area contributed by atoms with Gasteiger partial charge in [0.1, 0.15) is 23.6 Å². The average molecular weight is 300 g/mol. The fraction of sp³-hybridized carbons (Fsp3) is 0.250. The summed E-state index contributed by atoms with van der Waals surface area (Å²) in [7, 11) is 0. The zero-order valence-electron chi connectivity index (χ0n) is 11.3. The van der Waals surface area contributed by atoms with Crippen LogP contribution in [-0.4, -0.2) is 9.97 Å². The Morgan fingerprint density at radius 2 is 2.00 bits per heavy atom. The first-order chi connectivity index (χ1) is 10.3. The van der Waals surface area contributed by atoms with Gasteiger partial charge in [0.2, 0.25) is 5.88 Å². The summed E-state index contributed by atoms with van der Waals surface area (Å²) in [5.74, 6) is 0.405. The van der Waals surface area contributed by atoms with Gasteiger partial charge in [0.15, 0.2) is 0 Å². The highest BCUT2D eigenvalue weighted by molar-refractivity contribution is 7.18. The Labute approximate surface area is 125 Å². The summed E-state index contributed by atoms with van der Waals surface area (Å²) in [6.07, 6.45) is 4.96. The Morgan fingerprint density at radius 1 is 1.14 bits per heavy atom. The predicted octanol–water partition coefficient (Wildman–Crippen LogP) is 3.90. The normalized spacial score (nSPS) is 13.6. The molecule has 0 aliphatic heterocycles. The van der Waals surface area contributed by atoms with Crippen LogP contribution in [0.1, 0.15) is 22.4 Å². The molecule has 3 nitrogen and oxygen atoms in total. The molecule has 2 aromatic heterocycles. The number of thiophene rings is 1.